The number of amides is 5. The predicted octanol–water partition coefficient (Wildman–Crippen LogP) is 8.01. The van der Waals surface area contributed by atoms with Crippen molar-refractivity contribution < 1.29 is 33.4 Å². The van der Waals surface area contributed by atoms with Crippen molar-refractivity contribution in [1.29, 1.82) is 0 Å². The first-order valence-corrected chi connectivity index (χ1v) is 21.7. The molecule has 3 N–H and O–H groups in total. The molecule has 0 bridgehead atoms. The fraction of sp³-hybridized carbons (Fsp3) is 0.683. The Kier molecular flexibility index (Phi) is 23.1. The summed E-state index contributed by atoms with van der Waals surface area (Å²) in [5.41, 5.74) is 5.56. The second kappa shape index (κ2) is 26.6. The van der Waals surface area contributed by atoms with E-state index in [1.807, 2.05) is 0 Å². The molecule has 2 saturated heterocycles. The number of carbonyl (C=O) groups is 5. The Morgan fingerprint density at radius 3 is 2.17 bits per heavy atom. The van der Waals surface area contributed by atoms with Gasteiger partial charge in [0.25, 0.3) is 0 Å². The Morgan fingerprint density at radius 2 is 1.54 bits per heavy atom. The van der Waals surface area contributed by atoms with E-state index in [1.165, 1.54) is 41.2 Å². The zero-order valence-corrected chi connectivity index (χ0v) is 35.4. The van der Waals surface area contributed by atoms with E-state index in [-0.39, 0.29) is 41.7 Å². The Morgan fingerprint density at radius 1 is 0.889 bits per heavy atom. The number of nitrogens with one attached hydrogen (secondary N) is 3. The number of thioether (sulfide) groups is 2. The maximum Gasteiger partial charge on any atom is 0.418 e. The summed E-state index contributed by atoms with van der Waals surface area (Å²) >= 11 is 3.33. The maximum atomic E-state index is 12.9. The fourth-order valence-corrected chi connectivity index (χ4v) is 8.86. The minimum atomic E-state index is -0.658. The summed E-state index contributed by atoms with van der Waals surface area (Å²) in [4.78, 5) is 62.6. The molecule has 2 heterocycles. The molecular formula is C41H66N4O7S2. The van der Waals surface area contributed by atoms with Gasteiger partial charge in [-0.1, -0.05) is 53.0 Å². The van der Waals surface area contributed by atoms with Gasteiger partial charge < -0.3 is 25.4 Å². The van der Waals surface area contributed by atoms with E-state index in [1.54, 1.807) is 23.5 Å². The molecule has 54 heavy (non-hydrogen) atoms. The van der Waals surface area contributed by atoms with Crippen molar-refractivity contribution >= 4 is 53.4 Å². The van der Waals surface area contributed by atoms with Crippen molar-refractivity contribution in [3.63, 3.8) is 0 Å². The first-order chi connectivity index (χ1) is 25.8. The van der Waals surface area contributed by atoms with Crippen molar-refractivity contribution in [1.82, 2.24) is 20.9 Å². The average molecular weight is 791 g/mol. The number of fused-ring (bicyclic) bond motifs is 1. The topological polar surface area (TPSA) is 143 Å². The molecule has 0 aromatic carbocycles. The van der Waals surface area contributed by atoms with Gasteiger partial charge >= 0.3 is 18.1 Å². The summed E-state index contributed by atoms with van der Waals surface area (Å²) in [7, 11) is 1.38. The Hall–Kier alpha value is -3.19. The predicted molar refractivity (Wildman–Crippen MR) is 222 cm³/mol. The van der Waals surface area contributed by atoms with E-state index in [4.69, 9.17) is 4.74 Å². The van der Waals surface area contributed by atoms with Gasteiger partial charge in [-0.2, -0.15) is 23.5 Å². The zero-order chi connectivity index (χ0) is 39.9. The number of urea groups is 1. The van der Waals surface area contributed by atoms with E-state index in [2.05, 4.69) is 79.6 Å². The van der Waals surface area contributed by atoms with Crippen molar-refractivity contribution in [3.05, 3.63) is 46.6 Å². The van der Waals surface area contributed by atoms with Crippen LogP contribution in [0.3, 0.4) is 0 Å². The lowest BCUT2D eigenvalue weighted by molar-refractivity contribution is -0.140. The molecule has 0 aromatic heterocycles. The van der Waals surface area contributed by atoms with E-state index in [0.717, 1.165) is 63.5 Å². The number of allylic oxidation sites excluding steroid dienone is 7. The van der Waals surface area contributed by atoms with Crippen molar-refractivity contribution in [2.24, 2.45) is 0 Å². The van der Waals surface area contributed by atoms with Crippen LogP contribution in [0.15, 0.2) is 46.6 Å². The molecule has 3 unspecified atom stereocenters. The lowest BCUT2D eigenvalue weighted by atomic mass is 10.0. The summed E-state index contributed by atoms with van der Waals surface area (Å²) in [5.74, 6) is 1.13. The van der Waals surface area contributed by atoms with Gasteiger partial charge in [0.05, 0.1) is 25.8 Å². The highest BCUT2D eigenvalue weighted by Crippen LogP contribution is 2.37. The second-order valence-corrected chi connectivity index (χ2v) is 16.9. The third-order valence-corrected chi connectivity index (χ3v) is 11.9. The number of hydrogen-bond acceptors (Lipinski definition) is 9. The van der Waals surface area contributed by atoms with E-state index < -0.39 is 18.2 Å². The van der Waals surface area contributed by atoms with Crippen LogP contribution in [0.25, 0.3) is 0 Å². The Labute approximate surface area is 332 Å². The van der Waals surface area contributed by atoms with Crippen LogP contribution in [-0.2, 0) is 23.9 Å². The summed E-state index contributed by atoms with van der Waals surface area (Å²) in [5, 5.41) is 8.76. The average Bonchev–Trinajstić information content (AvgIpc) is 3.66. The quantitative estimate of drug-likeness (QED) is 0.0363. The van der Waals surface area contributed by atoms with E-state index in [0.29, 0.717) is 37.3 Å². The molecular weight excluding hydrogens is 725 g/mol. The minimum Gasteiger partial charge on any atom is -0.469 e. The van der Waals surface area contributed by atoms with Crippen LogP contribution in [0.5, 0.6) is 0 Å². The summed E-state index contributed by atoms with van der Waals surface area (Å²) in [6.07, 6.45) is 18.8. The molecule has 11 nitrogen and oxygen atoms in total. The molecule has 4 atom stereocenters. The highest BCUT2D eigenvalue weighted by Gasteiger charge is 2.51. The lowest BCUT2D eigenvalue weighted by Gasteiger charge is -2.20. The number of esters is 1. The van der Waals surface area contributed by atoms with Crippen LogP contribution in [0, 0.1) is 0 Å². The molecule has 2 aliphatic rings. The normalized spacial score (nSPS) is 19.2. The molecule has 2 aliphatic heterocycles. The first kappa shape index (κ1) is 47.0. The third-order valence-electron chi connectivity index (χ3n) is 9.46. The number of hydrogen-bond donors (Lipinski definition) is 3. The molecule has 2 fully saturated rings. The summed E-state index contributed by atoms with van der Waals surface area (Å²) in [6, 6.07) is -1.47. The molecule has 0 aromatic rings. The van der Waals surface area contributed by atoms with Gasteiger partial charge in [0, 0.05) is 42.4 Å². The molecule has 2 rings (SSSR count). The molecule has 0 spiro atoms. The maximum absolute atomic E-state index is 12.9. The van der Waals surface area contributed by atoms with Crippen molar-refractivity contribution in [3.8, 4) is 0 Å². The Bertz CT molecular complexity index is 1360. The van der Waals surface area contributed by atoms with Crippen LogP contribution < -0.4 is 16.0 Å². The fourth-order valence-electron chi connectivity index (χ4n) is 6.26. The second-order valence-electron chi connectivity index (χ2n) is 14.6. The summed E-state index contributed by atoms with van der Waals surface area (Å²) < 4.78 is 10.1. The number of methoxy groups -OCH3 is 1. The van der Waals surface area contributed by atoms with Gasteiger partial charge in [0.15, 0.2) is 0 Å². The number of nitrogens with zero attached hydrogens (tertiary/aromatic N) is 1. The Balaban J connectivity index is 1.63. The number of carbonyl (C=O) groups excluding carboxylic acids is 5. The molecule has 0 aliphatic carbocycles. The largest absolute Gasteiger partial charge is 0.469 e. The van der Waals surface area contributed by atoms with Gasteiger partial charge in [0.2, 0.25) is 11.8 Å². The van der Waals surface area contributed by atoms with Gasteiger partial charge in [0.1, 0.15) is 6.04 Å². The van der Waals surface area contributed by atoms with Crippen LogP contribution in [0.2, 0.25) is 0 Å². The number of rotatable bonds is 25. The molecule has 13 heteroatoms. The SMILES string of the molecule is COC(=O)CCCCC1SCC2C1NC(=O)N2C(=O)OCCCCNC(=O)[C@@H](CSC/C=C(\C)CC/C=C(\C)CC/C=C(\C)CCC=C(C)C)NC(C)=O. The number of ether oxygens (including phenoxy) is 2. The molecule has 0 saturated carbocycles. The monoisotopic (exact) mass is 790 g/mol. The van der Waals surface area contributed by atoms with Crippen molar-refractivity contribution in [2.45, 2.75) is 142 Å². The van der Waals surface area contributed by atoms with Gasteiger partial charge in [-0.15, -0.1) is 0 Å². The van der Waals surface area contributed by atoms with Crippen LogP contribution in [0.4, 0.5) is 9.59 Å². The van der Waals surface area contributed by atoms with Crippen LogP contribution in [-0.4, -0.2) is 95.7 Å². The molecule has 304 valence electrons. The van der Waals surface area contributed by atoms with E-state index in [9.17, 15) is 24.0 Å². The van der Waals surface area contributed by atoms with Gasteiger partial charge in [-0.25, -0.2) is 14.5 Å². The molecule has 5 amide bonds. The minimum absolute atomic E-state index is 0.125. The molecule has 0 radical (unpaired) electrons. The lowest BCUT2D eigenvalue weighted by Crippen LogP contribution is -2.47. The standard InChI is InChI=1S/C41H66N4O7S2/c1-29(2)15-12-16-30(3)17-13-18-31(4)19-14-20-32(5)23-26-53-27-34(43-33(6)46)39(48)42-24-10-11-25-52-41(50)45-35-28-54-36(38(35)44-40(45)49)21-8-9-22-37(47)51-7/h15,17,19,23,34-36,38H,8-14,16,18,20-22,24-28H2,1-7H3,(H,42,48)(H,43,46)(H,44,49)/b30-17+,31-19+,32-23+/t34-,35?,36?,38?/m1/s1. The van der Waals surface area contributed by atoms with Crippen molar-refractivity contribution in [2.75, 3.05) is 37.5 Å². The number of imide groups is 1. The highest BCUT2D eigenvalue weighted by atomic mass is 32.2. The van der Waals surface area contributed by atoms with Crippen LogP contribution >= 0.6 is 23.5 Å². The number of unbranched alkanes of at least 4 members (excludes halogenated alkanes) is 2. The van der Waals surface area contributed by atoms with Gasteiger partial charge in [-0.05, 0) is 98.8 Å². The van der Waals surface area contributed by atoms with Gasteiger partial charge in [-0.3, -0.25) is 14.4 Å². The highest BCUT2D eigenvalue weighted by molar-refractivity contribution is 8.00. The zero-order valence-electron chi connectivity index (χ0n) is 33.8. The van der Waals surface area contributed by atoms with Crippen LogP contribution in [0.1, 0.15) is 119 Å². The summed E-state index contributed by atoms with van der Waals surface area (Å²) in [6.45, 7) is 12.8. The first-order valence-electron chi connectivity index (χ1n) is 19.5. The van der Waals surface area contributed by atoms with E-state index >= 15 is 0 Å². The smallest absolute Gasteiger partial charge is 0.418 e. The third kappa shape index (κ3) is 18.9.